The standard InChI is InChI=1S/C36H50O14S2/c1-31-3-11-35(12-4-31)51(37,38)49-29-25-45-21-17-41-15-19-43-23-27-47-33-7-9-34(10-8-33)48-28-24-44-20-16-42-18-22-46-26-30-50-52(39,40)36-13-5-32(2)6-14-36/h3-14H,15-30H2,1-2H3. The molecule has 3 rings (SSSR count). The predicted octanol–water partition coefficient (Wildman–Crippen LogP) is 3.97. The largest absolute Gasteiger partial charge is 0.491 e. The molecule has 0 spiro atoms. The van der Waals surface area contributed by atoms with E-state index in [-0.39, 0.29) is 36.2 Å². The van der Waals surface area contributed by atoms with Crippen molar-refractivity contribution >= 4 is 20.2 Å². The van der Waals surface area contributed by atoms with Crippen molar-refractivity contribution < 1.29 is 63.1 Å². The van der Waals surface area contributed by atoms with E-state index in [4.69, 9.17) is 46.3 Å². The van der Waals surface area contributed by atoms with Gasteiger partial charge in [0.05, 0.1) is 102 Å². The molecule has 14 nitrogen and oxygen atoms in total. The van der Waals surface area contributed by atoms with E-state index in [0.29, 0.717) is 90.8 Å². The highest BCUT2D eigenvalue weighted by Crippen LogP contribution is 2.18. The molecule has 0 saturated carbocycles. The van der Waals surface area contributed by atoms with Gasteiger partial charge in [0.25, 0.3) is 20.2 Å². The molecular formula is C36H50O14S2. The van der Waals surface area contributed by atoms with Crippen LogP contribution in [0, 0.1) is 13.8 Å². The van der Waals surface area contributed by atoms with Gasteiger partial charge in [0, 0.05) is 0 Å². The van der Waals surface area contributed by atoms with E-state index in [2.05, 4.69) is 0 Å². The van der Waals surface area contributed by atoms with E-state index in [0.717, 1.165) is 11.1 Å². The summed E-state index contributed by atoms with van der Waals surface area (Å²) in [5.41, 5.74) is 1.93. The van der Waals surface area contributed by atoms with Crippen LogP contribution in [0.3, 0.4) is 0 Å². The lowest BCUT2D eigenvalue weighted by Gasteiger charge is -2.10. The van der Waals surface area contributed by atoms with Gasteiger partial charge in [-0.05, 0) is 62.4 Å². The topological polar surface area (TPSA) is 161 Å². The predicted molar refractivity (Wildman–Crippen MR) is 191 cm³/mol. The van der Waals surface area contributed by atoms with Crippen molar-refractivity contribution in [3.05, 3.63) is 83.9 Å². The Kier molecular flexibility index (Phi) is 20.8. The minimum absolute atomic E-state index is 0.0741. The van der Waals surface area contributed by atoms with E-state index in [1.165, 1.54) is 24.3 Å². The first-order valence-electron chi connectivity index (χ1n) is 16.9. The fourth-order valence-electron chi connectivity index (χ4n) is 4.10. The Morgan fingerprint density at radius 2 is 0.596 bits per heavy atom. The van der Waals surface area contributed by atoms with Gasteiger partial charge >= 0.3 is 0 Å². The highest BCUT2D eigenvalue weighted by molar-refractivity contribution is 7.87. The summed E-state index contributed by atoms with van der Waals surface area (Å²) in [5.74, 6) is 1.38. The second-order valence-electron chi connectivity index (χ2n) is 11.0. The fourth-order valence-corrected chi connectivity index (χ4v) is 5.89. The third-order valence-corrected chi connectivity index (χ3v) is 9.51. The molecule has 3 aromatic carbocycles. The van der Waals surface area contributed by atoms with Gasteiger partial charge < -0.3 is 37.9 Å². The van der Waals surface area contributed by atoms with Crippen LogP contribution in [0.4, 0.5) is 0 Å². The summed E-state index contributed by atoms with van der Waals surface area (Å²) in [6.45, 7) is 8.33. The van der Waals surface area contributed by atoms with Crippen LogP contribution in [-0.2, 0) is 57.0 Å². The second-order valence-corrected chi connectivity index (χ2v) is 14.3. The van der Waals surface area contributed by atoms with Crippen molar-refractivity contribution in [2.45, 2.75) is 23.6 Å². The summed E-state index contributed by atoms with van der Waals surface area (Å²) in [7, 11) is -7.58. The molecule has 0 unspecified atom stereocenters. The van der Waals surface area contributed by atoms with E-state index >= 15 is 0 Å². The maximum absolute atomic E-state index is 12.1. The summed E-state index contributed by atoms with van der Waals surface area (Å²) in [5, 5.41) is 0. The van der Waals surface area contributed by atoms with E-state index in [9.17, 15) is 16.8 Å². The van der Waals surface area contributed by atoms with Gasteiger partial charge in [-0.25, -0.2) is 0 Å². The van der Waals surface area contributed by atoms with Crippen LogP contribution in [-0.4, -0.2) is 123 Å². The van der Waals surface area contributed by atoms with Gasteiger partial charge in [-0.1, -0.05) is 35.4 Å². The second kappa shape index (κ2) is 25.0. The third kappa shape index (κ3) is 18.6. The first kappa shape index (κ1) is 43.2. The summed E-state index contributed by atoms with van der Waals surface area (Å²) in [6.07, 6.45) is 0. The Bertz CT molecular complexity index is 1460. The van der Waals surface area contributed by atoms with Gasteiger partial charge in [0.2, 0.25) is 0 Å². The lowest BCUT2D eigenvalue weighted by atomic mass is 10.2. The Morgan fingerprint density at radius 3 is 0.885 bits per heavy atom. The monoisotopic (exact) mass is 770 g/mol. The Hall–Kier alpha value is -3.16. The minimum atomic E-state index is -3.79. The van der Waals surface area contributed by atoms with Crippen molar-refractivity contribution in [1.82, 2.24) is 0 Å². The van der Waals surface area contributed by atoms with Gasteiger partial charge in [0.15, 0.2) is 0 Å². The highest BCUT2D eigenvalue weighted by Gasteiger charge is 2.15. The van der Waals surface area contributed by atoms with E-state index in [1.807, 2.05) is 38.1 Å². The van der Waals surface area contributed by atoms with Gasteiger partial charge in [-0.15, -0.1) is 0 Å². The van der Waals surface area contributed by atoms with Gasteiger partial charge in [-0.3, -0.25) is 8.37 Å². The highest BCUT2D eigenvalue weighted by atomic mass is 32.2. The summed E-state index contributed by atoms with van der Waals surface area (Å²) < 4.78 is 102. The molecule has 3 aromatic rings. The van der Waals surface area contributed by atoms with Crippen LogP contribution in [0.2, 0.25) is 0 Å². The average Bonchev–Trinajstić information content (AvgIpc) is 3.13. The number of benzene rings is 3. The maximum Gasteiger partial charge on any atom is 0.297 e. The molecule has 0 fully saturated rings. The van der Waals surface area contributed by atoms with Crippen LogP contribution in [0.5, 0.6) is 11.5 Å². The van der Waals surface area contributed by atoms with Crippen LogP contribution in [0.1, 0.15) is 11.1 Å². The quantitative estimate of drug-likeness (QED) is 0.0708. The van der Waals surface area contributed by atoms with Gasteiger partial charge in [0.1, 0.15) is 24.7 Å². The number of rotatable bonds is 30. The summed E-state index contributed by atoms with van der Waals surface area (Å²) >= 11 is 0. The zero-order valence-corrected chi connectivity index (χ0v) is 31.4. The summed E-state index contributed by atoms with van der Waals surface area (Å²) in [6, 6.07) is 20.2. The molecule has 290 valence electrons. The molecule has 0 aliphatic heterocycles. The van der Waals surface area contributed by atoms with Crippen molar-refractivity contribution in [2.75, 3.05) is 106 Å². The molecule has 0 N–H and O–H groups in total. The lowest BCUT2D eigenvalue weighted by Crippen LogP contribution is -2.15. The number of hydrogen-bond donors (Lipinski definition) is 0. The SMILES string of the molecule is Cc1ccc(S(=O)(=O)OCCOCCOCCOCCOc2ccc(OCCOCCOCCOCCOS(=O)(=O)c3ccc(C)cc3)cc2)cc1. The third-order valence-electron chi connectivity index (χ3n) is 6.86. The number of ether oxygens (including phenoxy) is 8. The van der Waals surface area contributed by atoms with Crippen LogP contribution in [0.15, 0.2) is 82.6 Å². The normalized spacial score (nSPS) is 11.9. The van der Waals surface area contributed by atoms with Crippen LogP contribution >= 0.6 is 0 Å². The molecule has 0 aliphatic rings. The molecule has 16 heteroatoms. The van der Waals surface area contributed by atoms with E-state index in [1.54, 1.807) is 24.3 Å². The molecule has 0 saturated heterocycles. The molecule has 0 aromatic heterocycles. The Balaban J connectivity index is 1.05. The molecule has 0 atom stereocenters. The first-order valence-corrected chi connectivity index (χ1v) is 19.7. The molecular weight excluding hydrogens is 721 g/mol. The molecule has 0 aliphatic carbocycles. The fraction of sp³-hybridized carbons (Fsp3) is 0.500. The summed E-state index contributed by atoms with van der Waals surface area (Å²) in [4.78, 5) is 0.236. The van der Waals surface area contributed by atoms with Crippen molar-refractivity contribution in [2.24, 2.45) is 0 Å². The maximum atomic E-state index is 12.1. The lowest BCUT2D eigenvalue weighted by molar-refractivity contribution is 0.00512. The average molecular weight is 771 g/mol. The number of hydrogen-bond acceptors (Lipinski definition) is 14. The zero-order valence-electron chi connectivity index (χ0n) is 29.8. The van der Waals surface area contributed by atoms with Gasteiger partial charge in [-0.2, -0.15) is 16.8 Å². The smallest absolute Gasteiger partial charge is 0.297 e. The zero-order chi connectivity index (χ0) is 37.3. The minimum Gasteiger partial charge on any atom is -0.491 e. The Morgan fingerprint density at radius 1 is 0.346 bits per heavy atom. The Labute approximate surface area is 307 Å². The first-order chi connectivity index (χ1) is 25.2. The molecule has 0 bridgehead atoms. The van der Waals surface area contributed by atoms with Crippen molar-refractivity contribution in [3.8, 4) is 11.5 Å². The molecule has 0 amide bonds. The number of aryl methyl sites for hydroxylation is 2. The molecule has 0 heterocycles. The van der Waals surface area contributed by atoms with Crippen LogP contribution in [0.25, 0.3) is 0 Å². The molecule has 0 radical (unpaired) electrons. The van der Waals surface area contributed by atoms with E-state index < -0.39 is 20.2 Å². The van der Waals surface area contributed by atoms with Crippen molar-refractivity contribution in [3.63, 3.8) is 0 Å². The van der Waals surface area contributed by atoms with Crippen molar-refractivity contribution in [1.29, 1.82) is 0 Å². The van der Waals surface area contributed by atoms with Crippen LogP contribution < -0.4 is 9.47 Å². The molecule has 52 heavy (non-hydrogen) atoms.